The zero-order valence-electron chi connectivity index (χ0n) is 14.0. The first-order valence-electron chi connectivity index (χ1n) is 7.59. The summed E-state index contributed by atoms with van der Waals surface area (Å²) >= 11 is 10.9. The third-order valence-corrected chi connectivity index (χ3v) is 4.79. The SMILES string of the molecule is Cc1cc(C=C2C(=O)NC(=S)N(C)C2=O)c(C)n1-c1ccc(Cl)cc1. The number of thiocarbonyl (C=S) groups is 1. The highest BCUT2D eigenvalue weighted by Crippen LogP contribution is 2.24. The molecule has 1 aliphatic heterocycles. The van der Waals surface area contributed by atoms with E-state index in [-0.39, 0.29) is 10.7 Å². The molecule has 1 aromatic carbocycles. The van der Waals surface area contributed by atoms with Crippen molar-refractivity contribution in [1.29, 1.82) is 0 Å². The van der Waals surface area contributed by atoms with E-state index in [1.54, 1.807) is 6.08 Å². The van der Waals surface area contributed by atoms with Gasteiger partial charge in [-0.25, -0.2) is 0 Å². The topological polar surface area (TPSA) is 54.3 Å². The third-order valence-electron chi connectivity index (χ3n) is 4.16. The fourth-order valence-electron chi connectivity index (χ4n) is 2.82. The van der Waals surface area contributed by atoms with Crippen molar-refractivity contribution in [3.05, 3.63) is 57.9 Å². The molecular weight excluding hydrogens is 358 g/mol. The maximum absolute atomic E-state index is 12.3. The van der Waals surface area contributed by atoms with Gasteiger partial charge in [-0.3, -0.25) is 19.8 Å². The number of aromatic nitrogens is 1. The summed E-state index contributed by atoms with van der Waals surface area (Å²) in [7, 11) is 1.54. The lowest BCUT2D eigenvalue weighted by molar-refractivity contribution is -0.128. The Labute approximate surface area is 155 Å². The highest BCUT2D eigenvalue weighted by atomic mass is 35.5. The van der Waals surface area contributed by atoms with Gasteiger partial charge in [0, 0.05) is 29.1 Å². The number of nitrogens with one attached hydrogen (secondary N) is 1. The van der Waals surface area contributed by atoms with Crippen LogP contribution in [0.1, 0.15) is 17.0 Å². The number of likely N-dealkylation sites (N-methyl/N-ethyl adjacent to an activating group) is 1. The van der Waals surface area contributed by atoms with Crippen molar-refractivity contribution >= 4 is 46.8 Å². The highest BCUT2D eigenvalue weighted by Gasteiger charge is 2.31. The predicted molar refractivity (Wildman–Crippen MR) is 102 cm³/mol. The number of benzene rings is 1. The molecule has 1 aliphatic rings. The maximum atomic E-state index is 12.3. The van der Waals surface area contributed by atoms with Crippen LogP contribution in [0.25, 0.3) is 11.8 Å². The standard InChI is InChI=1S/C18H16ClN3O2S/c1-10-8-12(9-15-16(23)20-18(25)21(3)17(15)24)11(2)22(10)14-6-4-13(19)5-7-14/h4-9H,1-3H3,(H,20,23,25). The zero-order valence-corrected chi connectivity index (χ0v) is 15.5. The number of rotatable bonds is 2. The van der Waals surface area contributed by atoms with Crippen LogP contribution in [0.5, 0.6) is 0 Å². The van der Waals surface area contributed by atoms with Crippen LogP contribution in [0.4, 0.5) is 0 Å². The molecule has 1 saturated heterocycles. The molecule has 2 amide bonds. The van der Waals surface area contributed by atoms with E-state index in [1.165, 1.54) is 11.9 Å². The van der Waals surface area contributed by atoms with Crippen molar-refractivity contribution in [3.8, 4) is 5.69 Å². The van der Waals surface area contributed by atoms with Crippen LogP contribution in [0.15, 0.2) is 35.9 Å². The molecule has 2 heterocycles. The van der Waals surface area contributed by atoms with E-state index in [0.717, 1.165) is 22.6 Å². The van der Waals surface area contributed by atoms with Crippen LogP contribution in [0.2, 0.25) is 5.02 Å². The summed E-state index contributed by atoms with van der Waals surface area (Å²) in [5.41, 5.74) is 3.73. The van der Waals surface area contributed by atoms with Gasteiger partial charge in [-0.2, -0.15) is 0 Å². The Balaban J connectivity index is 2.06. The van der Waals surface area contributed by atoms with Gasteiger partial charge in [-0.05, 0) is 68.0 Å². The van der Waals surface area contributed by atoms with Gasteiger partial charge in [-0.15, -0.1) is 0 Å². The fraction of sp³-hybridized carbons (Fsp3) is 0.167. The number of hydrogen-bond donors (Lipinski definition) is 1. The number of amides is 2. The first-order chi connectivity index (χ1) is 11.8. The lowest BCUT2D eigenvalue weighted by Crippen LogP contribution is -2.52. The number of aryl methyl sites for hydroxylation is 1. The van der Waals surface area contributed by atoms with Gasteiger partial charge in [0.1, 0.15) is 5.57 Å². The highest BCUT2D eigenvalue weighted by molar-refractivity contribution is 7.80. The van der Waals surface area contributed by atoms with Crippen molar-refractivity contribution in [1.82, 2.24) is 14.8 Å². The van der Waals surface area contributed by atoms with Crippen LogP contribution in [0.3, 0.4) is 0 Å². The Kier molecular flexibility index (Phi) is 4.49. The van der Waals surface area contributed by atoms with Gasteiger partial charge in [0.05, 0.1) is 0 Å². The third kappa shape index (κ3) is 3.10. The molecule has 0 unspecified atom stereocenters. The van der Waals surface area contributed by atoms with Gasteiger partial charge < -0.3 is 4.57 Å². The molecule has 0 atom stereocenters. The largest absolute Gasteiger partial charge is 0.318 e. The van der Waals surface area contributed by atoms with Crippen LogP contribution in [-0.2, 0) is 9.59 Å². The molecule has 25 heavy (non-hydrogen) atoms. The molecule has 0 radical (unpaired) electrons. The van der Waals surface area contributed by atoms with Crippen molar-refractivity contribution in [2.24, 2.45) is 0 Å². The number of hydrogen-bond acceptors (Lipinski definition) is 3. The quantitative estimate of drug-likeness (QED) is 0.500. The van der Waals surface area contributed by atoms with E-state index in [1.807, 2.05) is 48.7 Å². The number of halogens is 1. The molecule has 0 aliphatic carbocycles. The summed E-state index contributed by atoms with van der Waals surface area (Å²) in [6.45, 7) is 3.90. The summed E-state index contributed by atoms with van der Waals surface area (Å²) in [6, 6.07) is 9.42. The summed E-state index contributed by atoms with van der Waals surface area (Å²) in [5, 5.41) is 3.29. The summed E-state index contributed by atoms with van der Waals surface area (Å²) < 4.78 is 2.04. The molecule has 2 aromatic rings. The normalized spacial score (nSPS) is 16.6. The minimum absolute atomic E-state index is 0.0625. The molecule has 0 saturated carbocycles. The van der Waals surface area contributed by atoms with Gasteiger partial charge in [0.2, 0.25) is 0 Å². The van der Waals surface area contributed by atoms with Crippen molar-refractivity contribution in [3.63, 3.8) is 0 Å². The maximum Gasteiger partial charge on any atom is 0.265 e. The van der Waals surface area contributed by atoms with Gasteiger partial charge in [-0.1, -0.05) is 11.6 Å². The van der Waals surface area contributed by atoms with E-state index in [2.05, 4.69) is 5.32 Å². The van der Waals surface area contributed by atoms with Crippen LogP contribution in [0, 0.1) is 13.8 Å². The molecule has 3 rings (SSSR count). The minimum atomic E-state index is -0.482. The second-order valence-electron chi connectivity index (χ2n) is 5.82. The lowest BCUT2D eigenvalue weighted by atomic mass is 10.1. The number of nitrogens with zero attached hydrogens (tertiary/aromatic N) is 2. The Bertz CT molecular complexity index is 929. The monoisotopic (exact) mass is 373 g/mol. The molecule has 5 nitrogen and oxygen atoms in total. The average molecular weight is 374 g/mol. The average Bonchev–Trinajstić information content (AvgIpc) is 2.84. The van der Waals surface area contributed by atoms with E-state index in [9.17, 15) is 9.59 Å². The number of carbonyl (C=O) groups excluding carboxylic acids is 2. The fourth-order valence-corrected chi connectivity index (χ4v) is 3.12. The van der Waals surface area contributed by atoms with Crippen molar-refractivity contribution in [2.75, 3.05) is 7.05 Å². The summed E-state index contributed by atoms with van der Waals surface area (Å²) in [6.07, 6.45) is 1.60. The van der Waals surface area contributed by atoms with Gasteiger partial charge in [0.25, 0.3) is 11.8 Å². The molecule has 1 fully saturated rings. The Hall–Kier alpha value is -2.44. The molecule has 128 valence electrons. The smallest absolute Gasteiger partial charge is 0.265 e. The first-order valence-corrected chi connectivity index (χ1v) is 8.38. The second-order valence-corrected chi connectivity index (χ2v) is 6.64. The Morgan fingerprint density at radius 2 is 1.80 bits per heavy atom. The van der Waals surface area contributed by atoms with Crippen molar-refractivity contribution < 1.29 is 9.59 Å². The first kappa shape index (κ1) is 17.4. The van der Waals surface area contributed by atoms with Crippen LogP contribution >= 0.6 is 23.8 Å². The zero-order chi connectivity index (χ0) is 18.3. The molecule has 1 aromatic heterocycles. The molecular formula is C18H16ClN3O2S. The molecule has 0 spiro atoms. The molecule has 1 N–H and O–H groups in total. The Morgan fingerprint density at radius 1 is 1.16 bits per heavy atom. The van der Waals surface area contributed by atoms with E-state index in [0.29, 0.717) is 5.02 Å². The van der Waals surface area contributed by atoms with Crippen LogP contribution in [-0.4, -0.2) is 33.4 Å². The van der Waals surface area contributed by atoms with E-state index in [4.69, 9.17) is 23.8 Å². The Morgan fingerprint density at radius 3 is 2.44 bits per heavy atom. The second kappa shape index (κ2) is 6.46. The molecule has 7 heteroatoms. The molecule has 0 bridgehead atoms. The van der Waals surface area contributed by atoms with Gasteiger partial charge in [0.15, 0.2) is 5.11 Å². The van der Waals surface area contributed by atoms with E-state index < -0.39 is 11.8 Å². The van der Waals surface area contributed by atoms with E-state index >= 15 is 0 Å². The van der Waals surface area contributed by atoms with Crippen LogP contribution < -0.4 is 5.32 Å². The lowest BCUT2D eigenvalue weighted by Gasteiger charge is -2.25. The summed E-state index contributed by atoms with van der Waals surface area (Å²) in [4.78, 5) is 25.7. The summed E-state index contributed by atoms with van der Waals surface area (Å²) in [5.74, 6) is -0.894. The van der Waals surface area contributed by atoms with Gasteiger partial charge >= 0.3 is 0 Å². The number of carbonyl (C=O) groups is 2. The van der Waals surface area contributed by atoms with Crippen molar-refractivity contribution in [2.45, 2.75) is 13.8 Å². The predicted octanol–water partition coefficient (Wildman–Crippen LogP) is 3.00. The minimum Gasteiger partial charge on any atom is -0.318 e.